The molecule has 0 bridgehead atoms. The van der Waals surface area contributed by atoms with Crippen molar-refractivity contribution in [2.75, 3.05) is 26.1 Å². The van der Waals surface area contributed by atoms with Crippen molar-refractivity contribution in [2.45, 2.75) is 27.3 Å². The Hall–Kier alpha value is -3.55. The van der Waals surface area contributed by atoms with Crippen molar-refractivity contribution >= 4 is 11.6 Å². The summed E-state index contributed by atoms with van der Waals surface area (Å²) < 4.78 is 12.8. The second kappa shape index (κ2) is 9.78. The van der Waals surface area contributed by atoms with Crippen LogP contribution in [-0.4, -0.2) is 41.5 Å². The summed E-state index contributed by atoms with van der Waals surface area (Å²) in [6.45, 7) is 7.07. The third kappa shape index (κ3) is 5.08. The summed E-state index contributed by atoms with van der Waals surface area (Å²) in [5.41, 5.74) is 3.92. The quantitative estimate of drug-likeness (QED) is 0.460. The molecule has 0 aliphatic rings. The van der Waals surface area contributed by atoms with Crippen molar-refractivity contribution in [1.29, 1.82) is 0 Å². The Bertz CT molecular complexity index is 1010. The normalized spacial score (nSPS) is 11.3. The van der Waals surface area contributed by atoms with E-state index >= 15 is 0 Å². The highest BCUT2D eigenvalue weighted by molar-refractivity contribution is 5.93. The summed E-state index contributed by atoms with van der Waals surface area (Å²) in [5.74, 6) is 2.82. The Morgan fingerprint density at radius 1 is 1.13 bits per heavy atom. The lowest BCUT2D eigenvalue weighted by atomic mass is 10.2. The van der Waals surface area contributed by atoms with Gasteiger partial charge in [-0.3, -0.25) is 4.99 Å². The van der Waals surface area contributed by atoms with E-state index in [0.29, 0.717) is 30.6 Å². The maximum Gasteiger partial charge on any atom is 0.195 e. The molecule has 3 aromatic rings. The van der Waals surface area contributed by atoms with Gasteiger partial charge in [-0.2, -0.15) is 5.10 Å². The lowest BCUT2D eigenvalue weighted by Gasteiger charge is -2.15. The fraction of sp³-hybridized carbons (Fsp3) is 0.318. The lowest BCUT2D eigenvalue weighted by Crippen LogP contribution is -2.30. The van der Waals surface area contributed by atoms with E-state index in [4.69, 9.17) is 9.47 Å². The molecule has 0 aliphatic carbocycles. The molecule has 30 heavy (non-hydrogen) atoms. The van der Waals surface area contributed by atoms with Crippen LogP contribution >= 0.6 is 0 Å². The number of aliphatic imine (C=N–C) groups is 1. The molecule has 0 saturated carbocycles. The van der Waals surface area contributed by atoms with E-state index in [1.54, 1.807) is 14.2 Å². The van der Waals surface area contributed by atoms with Gasteiger partial charge in [-0.15, -0.1) is 0 Å². The Kier molecular flexibility index (Phi) is 6.90. The van der Waals surface area contributed by atoms with Crippen LogP contribution in [0.25, 0.3) is 5.82 Å². The number of nitrogens with one attached hydrogen (secondary N) is 2. The Labute approximate surface area is 177 Å². The molecule has 0 saturated heterocycles. The van der Waals surface area contributed by atoms with Gasteiger partial charge in [-0.1, -0.05) is 6.07 Å². The molecule has 0 atom stereocenters. The van der Waals surface area contributed by atoms with Crippen LogP contribution in [-0.2, 0) is 6.54 Å². The smallest absolute Gasteiger partial charge is 0.195 e. The molecule has 2 aromatic heterocycles. The largest absolute Gasteiger partial charge is 0.493 e. The molecule has 8 nitrogen and oxygen atoms in total. The van der Waals surface area contributed by atoms with E-state index in [2.05, 4.69) is 25.7 Å². The predicted octanol–water partition coefficient (Wildman–Crippen LogP) is 3.48. The SMILES string of the molecule is CCOc1cc(NC(=NC)NCc2ccc(-n3nc(C)cc3C)nc2)ccc1OC. The van der Waals surface area contributed by atoms with Gasteiger partial charge >= 0.3 is 0 Å². The number of anilines is 1. The van der Waals surface area contributed by atoms with Crippen LogP contribution in [0.2, 0.25) is 0 Å². The molecule has 0 aliphatic heterocycles. The zero-order chi connectivity index (χ0) is 21.5. The highest BCUT2D eigenvalue weighted by Gasteiger charge is 2.08. The fourth-order valence-corrected chi connectivity index (χ4v) is 3.03. The standard InChI is InChI=1S/C22H28N6O2/c1-6-30-20-12-18(8-9-19(20)29-5)26-22(23-4)25-14-17-7-10-21(24-13-17)28-16(3)11-15(2)27-28/h7-13H,6,14H2,1-5H3,(H2,23,25,26). The van der Waals surface area contributed by atoms with Crippen molar-refractivity contribution < 1.29 is 9.47 Å². The van der Waals surface area contributed by atoms with E-state index in [-0.39, 0.29) is 0 Å². The first-order chi connectivity index (χ1) is 14.5. The van der Waals surface area contributed by atoms with Crippen LogP contribution in [0.3, 0.4) is 0 Å². The average molecular weight is 409 g/mol. The molecule has 158 valence electrons. The average Bonchev–Trinajstić information content (AvgIpc) is 3.10. The monoisotopic (exact) mass is 408 g/mol. The second-order valence-corrected chi connectivity index (χ2v) is 6.71. The first-order valence-corrected chi connectivity index (χ1v) is 9.81. The van der Waals surface area contributed by atoms with E-state index in [0.717, 1.165) is 28.5 Å². The molecule has 0 unspecified atom stereocenters. The number of rotatable bonds is 7. The topological polar surface area (TPSA) is 85.6 Å². The van der Waals surface area contributed by atoms with Gasteiger partial charge < -0.3 is 20.1 Å². The number of benzene rings is 1. The minimum absolute atomic E-state index is 0.563. The van der Waals surface area contributed by atoms with Crippen LogP contribution in [0.4, 0.5) is 5.69 Å². The molecule has 0 amide bonds. The third-order valence-corrected chi connectivity index (χ3v) is 4.45. The molecule has 0 fully saturated rings. The molecular formula is C22H28N6O2. The number of hydrogen-bond donors (Lipinski definition) is 2. The summed E-state index contributed by atoms with van der Waals surface area (Å²) in [6.07, 6.45) is 1.84. The summed E-state index contributed by atoms with van der Waals surface area (Å²) in [7, 11) is 3.35. The van der Waals surface area contributed by atoms with Crippen molar-refractivity contribution in [2.24, 2.45) is 4.99 Å². The second-order valence-electron chi connectivity index (χ2n) is 6.71. The molecule has 8 heteroatoms. The van der Waals surface area contributed by atoms with Crippen molar-refractivity contribution in [1.82, 2.24) is 20.1 Å². The van der Waals surface area contributed by atoms with E-state index in [1.165, 1.54) is 0 Å². The minimum atomic E-state index is 0.563. The molecule has 0 spiro atoms. The van der Waals surface area contributed by atoms with Crippen LogP contribution in [0.1, 0.15) is 23.9 Å². The van der Waals surface area contributed by atoms with E-state index in [9.17, 15) is 0 Å². The van der Waals surface area contributed by atoms with Crippen molar-refractivity contribution in [3.8, 4) is 17.3 Å². The highest BCUT2D eigenvalue weighted by Crippen LogP contribution is 2.30. The molecule has 2 N–H and O–H groups in total. The molecule has 3 rings (SSSR count). The van der Waals surface area contributed by atoms with Gasteiger partial charge in [-0.05, 0) is 50.6 Å². The van der Waals surface area contributed by atoms with E-state index < -0.39 is 0 Å². The first kappa shape index (κ1) is 21.2. The van der Waals surface area contributed by atoms with Crippen LogP contribution in [0, 0.1) is 13.8 Å². The number of methoxy groups -OCH3 is 1. The lowest BCUT2D eigenvalue weighted by molar-refractivity contribution is 0.311. The maximum absolute atomic E-state index is 5.63. The number of ether oxygens (including phenoxy) is 2. The fourth-order valence-electron chi connectivity index (χ4n) is 3.03. The minimum Gasteiger partial charge on any atom is -0.493 e. The number of pyridine rings is 1. The van der Waals surface area contributed by atoms with Gasteiger partial charge in [-0.25, -0.2) is 9.67 Å². The summed E-state index contributed by atoms with van der Waals surface area (Å²) >= 11 is 0. The Morgan fingerprint density at radius 3 is 2.57 bits per heavy atom. The Balaban J connectivity index is 1.63. The van der Waals surface area contributed by atoms with Crippen LogP contribution < -0.4 is 20.1 Å². The van der Waals surface area contributed by atoms with Crippen molar-refractivity contribution in [3.63, 3.8) is 0 Å². The predicted molar refractivity (Wildman–Crippen MR) is 119 cm³/mol. The highest BCUT2D eigenvalue weighted by atomic mass is 16.5. The van der Waals surface area contributed by atoms with Gasteiger partial charge in [0.1, 0.15) is 0 Å². The van der Waals surface area contributed by atoms with Gasteiger partial charge in [0.15, 0.2) is 23.3 Å². The number of nitrogens with zero attached hydrogens (tertiary/aromatic N) is 4. The molecule has 2 heterocycles. The maximum atomic E-state index is 5.63. The van der Waals surface area contributed by atoms with Crippen LogP contribution in [0.5, 0.6) is 11.5 Å². The van der Waals surface area contributed by atoms with E-state index in [1.807, 2.05) is 68.0 Å². The molecular weight excluding hydrogens is 380 g/mol. The number of aromatic nitrogens is 3. The van der Waals surface area contributed by atoms with Crippen molar-refractivity contribution in [3.05, 3.63) is 59.5 Å². The van der Waals surface area contributed by atoms with Gasteiger partial charge in [0.2, 0.25) is 0 Å². The Morgan fingerprint density at radius 2 is 1.97 bits per heavy atom. The molecule has 1 aromatic carbocycles. The number of aryl methyl sites for hydroxylation is 2. The first-order valence-electron chi connectivity index (χ1n) is 9.81. The zero-order valence-electron chi connectivity index (χ0n) is 18.1. The van der Waals surface area contributed by atoms with Gasteiger partial charge in [0.25, 0.3) is 0 Å². The summed E-state index contributed by atoms with van der Waals surface area (Å²) in [5, 5.41) is 11.0. The van der Waals surface area contributed by atoms with Gasteiger partial charge in [0.05, 0.1) is 19.4 Å². The summed E-state index contributed by atoms with van der Waals surface area (Å²) in [4.78, 5) is 8.82. The van der Waals surface area contributed by atoms with Gasteiger partial charge in [0, 0.05) is 37.2 Å². The number of hydrogen-bond acceptors (Lipinski definition) is 5. The molecule has 0 radical (unpaired) electrons. The summed E-state index contributed by atoms with van der Waals surface area (Å²) in [6, 6.07) is 11.7. The van der Waals surface area contributed by atoms with Crippen LogP contribution in [0.15, 0.2) is 47.6 Å². The zero-order valence-corrected chi connectivity index (χ0v) is 18.1. The third-order valence-electron chi connectivity index (χ3n) is 4.45. The number of guanidine groups is 1.